The van der Waals surface area contributed by atoms with Crippen LogP contribution in [0.2, 0.25) is 0 Å². The largest absolute Gasteiger partial charge is 0.234 e. The number of nitrogens with zero attached hydrogens (tertiary/aromatic N) is 4. The van der Waals surface area contributed by atoms with E-state index in [1.165, 1.54) is 5.56 Å². The first-order valence-electron chi connectivity index (χ1n) is 6.78. The lowest BCUT2D eigenvalue weighted by molar-refractivity contribution is 0.878. The molecule has 0 aliphatic heterocycles. The molecule has 0 bridgehead atoms. The topological polar surface area (TPSA) is 43.1 Å². The molecule has 2 heterocycles. The Morgan fingerprint density at radius 3 is 2.76 bits per heavy atom. The molecule has 0 atom stereocenters. The van der Waals surface area contributed by atoms with Gasteiger partial charge >= 0.3 is 0 Å². The van der Waals surface area contributed by atoms with Gasteiger partial charge in [0.15, 0.2) is 5.82 Å². The van der Waals surface area contributed by atoms with E-state index in [0.29, 0.717) is 5.25 Å². The van der Waals surface area contributed by atoms with Crippen LogP contribution in [0.3, 0.4) is 0 Å². The van der Waals surface area contributed by atoms with Crippen LogP contribution in [0.25, 0.3) is 17.1 Å². The molecule has 2 aromatic heterocycles. The minimum Gasteiger partial charge on any atom is -0.186 e. The summed E-state index contributed by atoms with van der Waals surface area (Å²) >= 11 is 3.40. The second-order valence-corrected chi connectivity index (χ2v) is 7.41. The standard InChI is InChI=1S/C15H16N4S2/c1-11(2)20-10-13-16-17-15-19(13)18-14(21-15)9-8-12-6-4-3-5-7-12/h3-9,11H,10H2,1-2H3/b9-8+. The summed E-state index contributed by atoms with van der Waals surface area (Å²) in [5.41, 5.74) is 1.17. The van der Waals surface area contributed by atoms with Crippen LogP contribution in [0, 0.1) is 0 Å². The van der Waals surface area contributed by atoms with Gasteiger partial charge in [0.25, 0.3) is 0 Å². The number of hydrogen-bond donors (Lipinski definition) is 0. The van der Waals surface area contributed by atoms with Gasteiger partial charge in [-0.3, -0.25) is 0 Å². The smallest absolute Gasteiger partial charge is 0.186 e. The van der Waals surface area contributed by atoms with Gasteiger partial charge in [0.2, 0.25) is 4.96 Å². The fourth-order valence-electron chi connectivity index (χ4n) is 1.80. The molecule has 0 amide bonds. The highest BCUT2D eigenvalue weighted by Gasteiger charge is 2.10. The van der Waals surface area contributed by atoms with E-state index in [4.69, 9.17) is 0 Å². The first-order valence-corrected chi connectivity index (χ1v) is 8.65. The van der Waals surface area contributed by atoms with Crippen molar-refractivity contribution in [2.45, 2.75) is 24.9 Å². The molecule has 21 heavy (non-hydrogen) atoms. The molecule has 0 saturated carbocycles. The Morgan fingerprint density at radius 1 is 1.19 bits per heavy atom. The molecule has 3 aromatic rings. The second-order valence-electron chi connectivity index (χ2n) is 4.85. The molecule has 108 valence electrons. The summed E-state index contributed by atoms with van der Waals surface area (Å²) in [7, 11) is 0. The predicted octanol–water partition coefficient (Wildman–Crippen LogP) is 4.00. The number of thioether (sulfide) groups is 1. The second kappa shape index (κ2) is 6.41. The maximum atomic E-state index is 4.58. The van der Waals surface area contributed by atoms with Crippen LogP contribution < -0.4 is 0 Å². The molecule has 6 heteroatoms. The van der Waals surface area contributed by atoms with Crippen molar-refractivity contribution < 1.29 is 0 Å². The summed E-state index contributed by atoms with van der Waals surface area (Å²) in [6.45, 7) is 4.36. The van der Waals surface area contributed by atoms with Crippen molar-refractivity contribution in [3.05, 3.63) is 46.7 Å². The third-order valence-corrected chi connectivity index (χ3v) is 4.79. The summed E-state index contributed by atoms with van der Waals surface area (Å²) in [5.74, 6) is 1.75. The van der Waals surface area contributed by atoms with Crippen LogP contribution in [0.1, 0.15) is 30.2 Å². The zero-order chi connectivity index (χ0) is 14.7. The minimum absolute atomic E-state index is 0.577. The van der Waals surface area contributed by atoms with E-state index in [-0.39, 0.29) is 0 Å². The third kappa shape index (κ3) is 3.51. The van der Waals surface area contributed by atoms with Crippen LogP contribution in [0.15, 0.2) is 30.3 Å². The normalized spacial score (nSPS) is 12.0. The van der Waals surface area contributed by atoms with Gasteiger partial charge in [-0.25, -0.2) is 0 Å². The molecule has 0 saturated heterocycles. The van der Waals surface area contributed by atoms with Crippen LogP contribution in [-0.2, 0) is 5.75 Å². The van der Waals surface area contributed by atoms with E-state index in [1.54, 1.807) is 11.3 Å². The fourth-order valence-corrected chi connectivity index (χ4v) is 3.22. The van der Waals surface area contributed by atoms with Gasteiger partial charge < -0.3 is 0 Å². The van der Waals surface area contributed by atoms with Gasteiger partial charge in [-0.15, -0.1) is 10.2 Å². The van der Waals surface area contributed by atoms with Gasteiger partial charge in [-0.05, 0) is 16.9 Å². The summed E-state index contributed by atoms with van der Waals surface area (Å²) in [5, 5.41) is 14.5. The molecule has 0 aliphatic carbocycles. The lowest BCUT2D eigenvalue weighted by atomic mass is 10.2. The zero-order valence-corrected chi connectivity index (χ0v) is 13.6. The molecule has 0 spiro atoms. The van der Waals surface area contributed by atoms with E-state index < -0.39 is 0 Å². The molecule has 0 fully saturated rings. The highest BCUT2D eigenvalue weighted by Crippen LogP contribution is 2.20. The maximum Gasteiger partial charge on any atom is 0.234 e. The molecule has 3 rings (SSSR count). The van der Waals surface area contributed by atoms with Crippen LogP contribution in [0.5, 0.6) is 0 Å². The summed E-state index contributed by atoms with van der Waals surface area (Å²) < 4.78 is 1.85. The van der Waals surface area contributed by atoms with Gasteiger partial charge in [-0.1, -0.05) is 61.6 Å². The molecule has 0 N–H and O–H groups in total. The Labute approximate surface area is 131 Å². The quantitative estimate of drug-likeness (QED) is 0.713. The number of benzene rings is 1. The van der Waals surface area contributed by atoms with Gasteiger partial charge in [-0.2, -0.15) is 21.4 Å². The SMILES string of the molecule is CC(C)SCc1nnc2sc(/C=C/c3ccccc3)nn12. The van der Waals surface area contributed by atoms with Crippen molar-refractivity contribution in [3.63, 3.8) is 0 Å². The summed E-state index contributed by atoms with van der Waals surface area (Å²) in [6.07, 6.45) is 4.09. The fraction of sp³-hybridized carbons (Fsp3) is 0.267. The molecular formula is C15H16N4S2. The van der Waals surface area contributed by atoms with E-state index in [0.717, 1.165) is 21.5 Å². The number of hydrogen-bond acceptors (Lipinski definition) is 5. The first kappa shape index (κ1) is 14.3. The van der Waals surface area contributed by atoms with Crippen LogP contribution >= 0.6 is 23.1 Å². The molecule has 1 aromatic carbocycles. The van der Waals surface area contributed by atoms with E-state index in [9.17, 15) is 0 Å². The highest BCUT2D eigenvalue weighted by atomic mass is 32.2. The minimum atomic E-state index is 0.577. The third-order valence-electron chi connectivity index (χ3n) is 2.83. The van der Waals surface area contributed by atoms with Crippen molar-refractivity contribution in [2.75, 3.05) is 0 Å². The van der Waals surface area contributed by atoms with Gasteiger partial charge in [0.1, 0.15) is 5.01 Å². The molecule has 0 radical (unpaired) electrons. The summed E-state index contributed by atoms with van der Waals surface area (Å²) in [4.78, 5) is 0.849. The predicted molar refractivity (Wildman–Crippen MR) is 90.5 cm³/mol. The van der Waals surface area contributed by atoms with Crippen molar-refractivity contribution in [1.82, 2.24) is 19.8 Å². The molecular weight excluding hydrogens is 300 g/mol. The molecule has 0 aliphatic rings. The van der Waals surface area contributed by atoms with Crippen LogP contribution in [-0.4, -0.2) is 25.1 Å². The van der Waals surface area contributed by atoms with E-state index in [1.807, 2.05) is 40.6 Å². The number of rotatable bonds is 5. The van der Waals surface area contributed by atoms with Crippen molar-refractivity contribution in [2.24, 2.45) is 0 Å². The van der Waals surface area contributed by atoms with Crippen molar-refractivity contribution >= 4 is 40.2 Å². The van der Waals surface area contributed by atoms with E-state index >= 15 is 0 Å². The Balaban J connectivity index is 1.80. The van der Waals surface area contributed by atoms with Gasteiger partial charge in [0.05, 0.1) is 5.75 Å². The highest BCUT2D eigenvalue weighted by molar-refractivity contribution is 7.99. The lowest BCUT2D eigenvalue weighted by Crippen LogP contribution is -1.96. The zero-order valence-electron chi connectivity index (χ0n) is 11.9. The van der Waals surface area contributed by atoms with Crippen LogP contribution in [0.4, 0.5) is 0 Å². The van der Waals surface area contributed by atoms with Crippen molar-refractivity contribution in [3.8, 4) is 0 Å². The Bertz CT molecular complexity index is 743. The monoisotopic (exact) mass is 316 g/mol. The van der Waals surface area contributed by atoms with Gasteiger partial charge in [0, 0.05) is 0 Å². The van der Waals surface area contributed by atoms with Crippen molar-refractivity contribution in [1.29, 1.82) is 0 Å². The average Bonchev–Trinajstić information content (AvgIpc) is 3.04. The Hall–Kier alpha value is -1.66. The average molecular weight is 316 g/mol. The Kier molecular flexibility index (Phi) is 4.36. The lowest BCUT2D eigenvalue weighted by Gasteiger charge is -2.00. The Morgan fingerprint density at radius 2 is 2.00 bits per heavy atom. The number of aromatic nitrogens is 4. The first-order chi connectivity index (χ1) is 10.2. The summed E-state index contributed by atoms with van der Waals surface area (Å²) in [6, 6.07) is 10.2. The maximum absolute atomic E-state index is 4.58. The van der Waals surface area contributed by atoms with E-state index in [2.05, 4.69) is 47.4 Å². The molecule has 4 nitrogen and oxygen atoms in total. The number of fused-ring (bicyclic) bond motifs is 1. The molecule has 0 unspecified atom stereocenters.